The minimum atomic E-state index is -0.0579. The summed E-state index contributed by atoms with van der Waals surface area (Å²) in [5, 5.41) is 3.13. The second-order valence-electron chi connectivity index (χ2n) is 6.79. The van der Waals surface area contributed by atoms with Gasteiger partial charge in [-0.1, -0.05) is 51.1 Å². The van der Waals surface area contributed by atoms with Crippen LogP contribution in [-0.4, -0.2) is 35.8 Å². The summed E-state index contributed by atoms with van der Waals surface area (Å²) >= 11 is 0. The molecule has 1 fully saturated rings. The molecule has 0 bridgehead atoms. The van der Waals surface area contributed by atoms with Gasteiger partial charge in [-0.2, -0.15) is 0 Å². The number of piperidine rings is 1. The van der Waals surface area contributed by atoms with E-state index in [2.05, 4.69) is 12.2 Å². The first-order valence-electron chi connectivity index (χ1n) is 9.20. The fourth-order valence-electron chi connectivity index (χ4n) is 3.23. The fourth-order valence-corrected chi connectivity index (χ4v) is 3.23. The number of hydrogen-bond acceptors (Lipinski definition) is 2. The summed E-state index contributed by atoms with van der Waals surface area (Å²) in [6.07, 6.45) is 3.37. The van der Waals surface area contributed by atoms with E-state index < -0.39 is 0 Å². The van der Waals surface area contributed by atoms with E-state index in [0.717, 1.165) is 44.3 Å². The highest BCUT2D eigenvalue weighted by atomic mass is 16.2. The van der Waals surface area contributed by atoms with Crippen molar-refractivity contribution in [2.24, 2.45) is 5.92 Å². The zero-order valence-corrected chi connectivity index (χ0v) is 15.1. The molecule has 4 nitrogen and oxygen atoms in total. The van der Waals surface area contributed by atoms with E-state index in [1.165, 1.54) is 0 Å². The van der Waals surface area contributed by atoms with E-state index in [1.54, 1.807) is 0 Å². The quantitative estimate of drug-likeness (QED) is 0.870. The van der Waals surface area contributed by atoms with Crippen molar-refractivity contribution in [3.63, 3.8) is 0 Å². The largest absolute Gasteiger partial charge is 0.353 e. The zero-order chi connectivity index (χ0) is 17.5. The van der Waals surface area contributed by atoms with Crippen LogP contribution in [0.2, 0.25) is 0 Å². The minimum absolute atomic E-state index is 0.0579. The lowest BCUT2D eigenvalue weighted by molar-refractivity contribution is -0.134. The Morgan fingerprint density at radius 2 is 1.75 bits per heavy atom. The van der Waals surface area contributed by atoms with Crippen molar-refractivity contribution >= 4 is 11.8 Å². The monoisotopic (exact) mass is 330 g/mol. The van der Waals surface area contributed by atoms with Crippen molar-refractivity contribution in [1.29, 1.82) is 0 Å². The molecule has 0 saturated carbocycles. The summed E-state index contributed by atoms with van der Waals surface area (Å²) in [4.78, 5) is 26.8. The molecule has 1 aliphatic heterocycles. The zero-order valence-electron chi connectivity index (χ0n) is 15.1. The normalized spacial score (nSPS) is 18.0. The molecule has 0 aliphatic carbocycles. The Morgan fingerprint density at radius 3 is 2.29 bits per heavy atom. The molecule has 0 spiro atoms. The molecule has 0 unspecified atom stereocenters. The Kier molecular flexibility index (Phi) is 6.83. The maximum absolute atomic E-state index is 12.9. The van der Waals surface area contributed by atoms with Crippen LogP contribution < -0.4 is 5.32 Å². The Balaban J connectivity index is 1.89. The maximum atomic E-state index is 12.9. The van der Waals surface area contributed by atoms with Crippen LogP contribution in [-0.2, 0) is 9.59 Å². The van der Waals surface area contributed by atoms with Gasteiger partial charge in [-0.25, -0.2) is 0 Å². The molecule has 1 aromatic rings. The van der Waals surface area contributed by atoms with E-state index in [0.29, 0.717) is 0 Å². The molecule has 2 atom stereocenters. The van der Waals surface area contributed by atoms with Gasteiger partial charge >= 0.3 is 0 Å². The van der Waals surface area contributed by atoms with Gasteiger partial charge in [0, 0.05) is 25.0 Å². The van der Waals surface area contributed by atoms with Crippen LogP contribution in [0, 0.1) is 5.92 Å². The van der Waals surface area contributed by atoms with Crippen LogP contribution in [0.5, 0.6) is 0 Å². The molecule has 1 aromatic carbocycles. The van der Waals surface area contributed by atoms with E-state index in [9.17, 15) is 9.59 Å². The summed E-state index contributed by atoms with van der Waals surface area (Å²) in [5.41, 5.74) is 1.09. The third-order valence-electron chi connectivity index (χ3n) is 5.12. The number of amides is 2. The lowest BCUT2D eigenvalue weighted by Gasteiger charge is -2.35. The van der Waals surface area contributed by atoms with Gasteiger partial charge in [-0.05, 0) is 31.2 Å². The number of carbonyl (C=O) groups excluding carboxylic acids is 2. The highest BCUT2D eigenvalue weighted by Gasteiger charge is 2.29. The number of nitrogens with zero attached hydrogens (tertiary/aromatic N) is 1. The SMILES string of the molecule is CC[C@@H](C)C(=O)NC1CCN(C(=O)[C@@H](CC)c2ccccc2)CC1. The van der Waals surface area contributed by atoms with Gasteiger partial charge in [0.05, 0.1) is 5.92 Å². The number of likely N-dealkylation sites (tertiary alicyclic amines) is 1. The van der Waals surface area contributed by atoms with Crippen molar-refractivity contribution in [3.8, 4) is 0 Å². The molecule has 1 N–H and O–H groups in total. The van der Waals surface area contributed by atoms with Crippen LogP contribution in [0.25, 0.3) is 0 Å². The molecular weight excluding hydrogens is 300 g/mol. The van der Waals surface area contributed by atoms with Gasteiger partial charge in [-0.3, -0.25) is 9.59 Å². The van der Waals surface area contributed by atoms with Gasteiger partial charge in [0.15, 0.2) is 0 Å². The minimum Gasteiger partial charge on any atom is -0.353 e. The summed E-state index contributed by atoms with van der Waals surface area (Å²) < 4.78 is 0. The van der Waals surface area contributed by atoms with Gasteiger partial charge in [0.2, 0.25) is 11.8 Å². The lowest BCUT2D eigenvalue weighted by atomic mass is 9.93. The maximum Gasteiger partial charge on any atom is 0.230 e. The smallest absolute Gasteiger partial charge is 0.230 e. The van der Waals surface area contributed by atoms with Crippen molar-refractivity contribution in [1.82, 2.24) is 10.2 Å². The van der Waals surface area contributed by atoms with E-state index in [-0.39, 0.29) is 29.7 Å². The molecule has 4 heteroatoms. The summed E-state index contributed by atoms with van der Waals surface area (Å²) in [6, 6.07) is 10.2. The molecule has 1 saturated heterocycles. The Labute approximate surface area is 145 Å². The Morgan fingerprint density at radius 1 is 1.12 bits per heavy atom. The topological polar surface area (TPSA) is 49.4 Å². The van der Waals surface area contributed by atoms with Crippen LogP contribution in [0.3, 0.4) is 0 Å². The average molecular weight is 330 g/mol. The van der Waals surface area contributed by atoms with Gasteiger partial charge < -0.3 is 10.2 Å². The predicted molar refractivity (Wildman–Crippen MR) is 96.7 cm³/mol. The molecule has 0 aromatic heterocycles. The molecule has 132 valence electrons. The van der Waals surface area contributed by atoms with Crippen molar-refractivity contribution < 1.29 is 9.59 Å². The van der Waals surface area contributed by atoms with Gasteiger partial charge in [0.1, 0.15) is 0 Å². The highest BCUT2D eigenvalue weighted by Crippen LogP contribution is 2.24. The molecule has 0 radical (unpaired) electrons. The van der Waals surface area contributed by atoms with Crippen LogP contribution in [0.4, 0.5) is 0 Å². The van der Waals surface area contributed by atoms with E-state index >= 15 is 0 Å². The number of rotatable bonds is 6. The van der Waals surface area contributed by atoms with Crippen LogP contribution in [0.1, 0.15) is 57.9 Å². The van der Waals surface area contributed by atoms with Crippen LogP contribution in [0.15, 0.2) is 30.3 Å². The first-order chi connectivity index (χ1) is 11.6. The molecular formula is C20H30N2O2. The molecule has 2 amide bonds. The van der Waals surface area contributed by atoms with Crippen molar-refractivity contribution in [2.45, 2.75) is 58.4 Å². The first-order valence-corrected chi connectivity index (χ1v) is 9.20. The second-order valence-corrected chi connectivity index (χ2v) is 6.79. The molecule has 1 aliphatic rings. The Bertz CT molecular complexity index is 536. The average Bonchev–Trinajstić information content (AvgIpc) is 2.63. The van der Waals surface area contributed by atoms with Crippen molar-refractivity contribution in [2.75, 3.05) is 13.1 Å². The molecule has 24 heavy (non-hydrogen) atoms. The Hall–Kier alpha value is -1.84. The number of hydrogen-bond donors (Lipinski definition) is 1. The standard InChI is InChI=1S/C20H30N2O2/c1-4-15(3)19(23)21-17-11-13-22(14-12-17)20(24)18(5-2)16-9-7-6-8-10-16/h6-10,15,17-18H,4-5,11-14H2,1-3H3,(H,21,23)/t15-,18+/m1/s1. The lowest BCUT2D eigenvalue weighted by Crippen LogP contribution is -2.48. The fraction of sp³-hybridized carbons (Fsp3) is 0.600. The van der Waals surface area contributed by atoms with E-state index in [1.807, 2.05) is 49.1 Å². The van der Waals surface area contributed by atoms with Crippen LogP contribution >= 0.6 is 0 Å². The number of nitrogens with one attached hydrogen (secondary N) is 1. The number of carbonyl (C=O) groups is 2. The first kappa shape index (κ1) is 18.5. The second kappa shape index (κ2) is 8.86. The summed E-state index contributed by atoms with van der Waals surface area (Å²) in [7, 11) is 0. The molecule has 1 heterocycles. The van der Waals surface area contributed by atoms with E-state index in [4.69, 9.17) is 0 Å². The summed E-state index contributed by atoms with van der Waals surface area (Å²) in [5.74, 6) is 0.359. The number of benzene rings is 1. The van der Waals surface area contributed by atoms with Gasteiger partial charge in [0.25, 0.3) is 0 Å². The third-order valence-corrected chi connectivity index (χ3v) is 5.12. The van der Waals surface area contributed by atoms with Gasteiger partial charge in [-0.15, -0.1) is 0 Å². The van der Waals surface area contributed by atoms with Crippen molar-refractivity contribution in [3.05, 3.63) is 35.9 Å². The molecule has 2 rings (SSSR count). The highest BCUT2D eigenvalue weighted by molar-refractivity contribution is 5.84. The predicted octanol–water partition coefficient (Wildman–Crippen LogP) is 3.33. The summed E-state index contributed by atoms with van der Waals surface area (Å²) in [6.45, 7) is 7.51. The third kappa shape index (κ3) is 4.59.